The lowest BCUT2D eigenvalue weighted by Crippen LogP contribution is -2.39. The van der Waals surface area contributed by atoms with Crippen LogP contribution in [0.3, 0.4) is 0 Å². The molecular formula is C19H12Cl4O5S. The number of rotatable bonds is 4. The van der Waals surface area contributed by atoms with Crippen LogP contribution in [0, 0.1) is 0 Å². The van der Waals surface area contributed by atoms with Gasteiger partial charge in [0, 0.05) is 42.8 Å². The maximum absolute atomic E-state index is 13.0. The van der Waals surface area contributed by atoms with Crippen LogP contribution in [0.25, 0.3) is 0 Å². The van der Waals surface area contributed by atoms with E-state index in [4.69, 9.17) is 46.4 Å². The molecule has 0 aliphatic carbocycles. The largest absolute Gasteiger partial charge is 0.504 e. The summed E-state index contributed by atoms with van der Waals surface area (Å²) in [4.78, 5) is 0. The minimum atomic E-state index is -5.16. The average molecular weight is 494 g/mol. The molecule has 0 saturated carbocycles. The monoisotopic (exact) mass is 492 g/mol. The molecule has 0 heterocycles. The Bertz CT molecular complexity index is 1210. The van der Waals surface area contributed by atoms with Crippen molar-refractivity contribution in [2.75, 3.05) is 0 Å². The Hall–Kier alpha value is -1.67. The molecule has 0 aliphatic heterocycles. The third-order valence-electron chi connectivity index (χ3n) is 4.38. The smallest absolute Gasteiger partial charge is 0.283 e. The van der Waals surface area contributed by atoms with E-state index in [0.29, 0.717) is 0 Å². The number of halogens is 4. The van der Waals surface area contributed by atoms with Gasteiger partial charge in [-0.15, -0.1) is 0 Å². The minimum absolute atomic E-state index is 0.0555. The molecule has 152 valence electrons. The fourth-order valence-electron chi connectivity index (χ4n) is 3.22. The van der Waals surface area contributed by atoms with Crippen LogP contribution in [0.2, 0.25) is 20.1 Å². The first-order valence-electron chi connectivity index (χ1n) is 7.89. The highest BCUT2D eigenvalue weighted by molar-refractivity contribution is 7.87. The van der Waals surface area contributed by atoms with E-state index in [1.165, 1.54) is 36.4 Å². The van der Waals surface area contributed by atoms with Crippen molar-refractivity contribution in [1.29, 1.82) is 0 Å². The van der Waals surface area contributed by atoms with Crippen LogP contribution in [0.5, 0.6) is 11.5 Å². The van der Waals surface area contributed by atoms with Gasteiger partial charge in [0.15, 0.2) is 16.2 Å². The van der Waals surface area contributed by atoms with Crippen molar-refractivity contribution in [3.63, 3.8) is 0 Å². The molecule has 0 aliphatic rings. The molecular weight excluding hydrogens is 482 g/mol. The lowest BCUT2D eigenvalue weighted by Gasteiger charge is -2.34. The first-order chi connectivity index (χ1) is 13.5. The summed E-state index contributed by atoms with van der Waals surface area (Å²) in [6.45, 7) is 0. The minimum Gasteiger partial charge on any atom is -0.504 e. The number of phenolic OH excluding ortho intramolecular Hbond substituents is 2. The van der Waals surface area contributed by atoms with Crippen LogP contribution < -0.4 is 0 Å². The normalized spacial score (nSPS) is 13.8. The zero-order valence-electron chi connectivity index (χ0n) is 14.3. The second-order valence-electron chi connectivity index (χ2n) is 6.08. The fraction of sp³-hybridized carbons (Fsp3) is 0.0526. The van der Waals surface area contributed by atoms with Crippen molar-refractivity contribution < 1.29 is 23.2 Å². The summed E-state index contributed by atoms with van der Waals surface area (Å²) in [6, 6.07) is 11.9. The van der Waals surface area contributed by atoms with Gasteiger partial charge in [0.05, 0.1) is 0 Å². The molecule has 0 bridgehead atoms. The van der Waals surface area contributed by atoms with Crippen LogP contribution in [-0.2, 0) is 14.9 Å². The van der Waals surface area contributed by atoms with E-state index >= 15 is 0 Å². The van der Waals surface area contributed by atoms with Gasteiger partial charge in [0.25, 0.3) is 10.1 Å². The van der Waals surface area contributed by atoms with Gasteiger partial charge in [-0.05, 0) is 30.3 Å². The quantitative estimate of drug-likeness (QED) is 0.239. The lowest BCUT2D eigenvalue weighted by atomic mass is 9.83. The average Bonchev–Trinajstić information content (AvgIpc) is 2.62. The summed E-state index contributed by atoms with van der Waals surface area (Å²) in [5.74, 6) is -1.53. The van der Waals surface area contributed by atoms with Gasteiger partial charge in [-0.3, -0.25) is 4.55 Å². The zero-order valence-corrected chi connectivity index (χ0v) is 18.1. The van der Waals surface area contributed by atoms with E-state index < -0.39 is 31.9 Å². The van der Waals surface area contributed by atoms with E-state index in [0.717, 1.165) is 12.1 Å². The number of phenols is 2. The SMILES string of the molecule is O=S(=O)(O)C(c1ccccc1Cl)(c1cc(Cl)ccc1Cl)c1cc(Cl)cc(O)c1O. The number of hydrogen-bond acceptors (Lipinski definition) is 4. The summed E-state index contributed by atoms with van der Waals surface area (Å²) in [5.41, 5.74) is -0.785. The van der Waals surface area contributed by atoms with Crippen LogP contribution in [-0.4, -0.2) is 23.2 Å². The van der Waals surface area contributed by atoms with E-state index in [1.807, 2.05) is 0 Å². The van der Waals surface area contributed by atoms with Gasteiger partial charge in [-0.25, -0.2) is 0 Å². The Morgan fingerprint density at radius 3 is 1.93 bits per heavy atom. The molecule has 0 amide bonds. The van der Waals surface area contributed by atoms with Crippen LogP contribution in [0.15, 0.2) is 54.6 Å². The van der Waals surface area contributed by atoms with Gasteiger partial charge in [0.1, 0.15) is 0 Å². The van der Waals surface area contributed by atoms with E-state index in [9.17, 15) is 23.2 Å². The van der Waals surface area contributed by atoms with Crippen molar-refractivity contribution in [1.82, 2.24) is 0 Å². The predicted octanol–water partition coefficient (Wildman–Crippen LogP) is 5.89. The topological polar surface area (TPSA) is 94.8 Å². The summed E-state index contributed by atoms with van der Waals surface area (Å²) < 4.78 is 34.0. The molecule has 10 heteroatoms. The third kappa shape index (κ3) is 3.65. The standard InChI is InChI=1S/C19H12Cl4O5S/c20-10-5-6-16(23)13(7-10)19(29(26,27)28,12-3-1-2-4-15(12)22)14-8-11(21)9-17(24)18(14)25/h1-9,24-25H,(H,26,27,28). The summed E-state index contributed by atoms with van der Waals surface area (Å²) in [7, 11) is -5.16. The van der Waals surface area contributed by atoms with Crippen LogP contribution in [0.1, 0.15) is 16.7 Å². The number of hydrogen-bond donors (Lipinski definition) is 3. The highest BCUT2D eigenvalue weighted by atomic mass is 35.5. The van der Waals surface area contributed by atoms with Gasteiger partial charge in [0.2, 0.25) is 0 Å². The Morgan fingerprint density at radius 1 is 0.724 bits per heavy atom. The fourth-order valence-corrected chi connectivity index (χ4v) is 5.59. The third-order valence-corrected chi connectivity index (χ3v) is 6.93. The highest BCUT2D eigenvalue weighted by Crippen LogP contribution is 2.53. The molecule has 0 spiro atoms. The molecule has 29 heavy (non-hydrogen) atoms. The van der Waals surface area contributed by atoms with E-state index in [1.54, 1.807) is 6.07 Å². The lowest BCUT2D eigenvalue weighted by molar-refractivity contribution is 0.394. The molecule has 1 atom stereocenters. The van der Waals surface area contributed by atoms with E-state index in [2.05, 4.69) is 0 Å². The molecule has 3 N–H and O–H groups in total. The van der Waals surface area contributed by atoms with Gasteiger partial charge in [-0.2, -0.15) is 8.42 Å². The summed E-state index contributed by atoms with van der Waals surface area (Å²) in [6.07, 6.45) is 0. The first kappa shape index (κ1) is 22.0. The predicted molar refractivity (Wildman–Crippen MR) is 114 cm³/mol. The molecule has 3 aromatic rings. The van der Waals surface area contributed by atoms with Crippen LogP contribution >= 0.6 is 46.4 Å². The second kappa shape index (κ2) is 7.87. The molecule has 3 rings (SSSR count). The number of benzene rings is 3. The molecule has 0 saturated heterocycles. The van der Waals surface area contributed by atoms with Gasteiger partial charge >= 0.3 is 0 Å². The Labute approximate surface area is 186 Å². The Balaban J connectivity index is 2.68. The van der Waals surface area contributed by atoms with Gasteiger partial charge < -0.3 is 10.2 Å². The highest BCUT2D eigenvalue weighted by Gasteiger charge is 2.53. The van der Waals surface area contributed by atoms with Crippen molar-refractivity contribution in [2.45, 2.75) is 4.75 Å². The Kier molecular flexibility index (Phi) is 5.98. The molecule has 5 nitrogen and oxygen atoms in total. The summed E-state index contributed by atoms with van der Waals surface area (Å²) >= 11 is 24.7. The van der Waals surface area contributed by atoms with Crippen molar-refractivity contribution in [3.05, 3.63) is 91.4 Å². The van der Waals surface area contributed by atoms with E-state index in [-0.39, 0.29) is 31.2 Å². The maximum Gasteiger partial charge on any atom is 0.283 e. The Morgan fingerprint density at radius 2 is 1.31 bits per heavy atom. The zero-order chi connectivity index (χ0) is 21.6. The van der Waals surface area contributed by atoms with Gasteiger partial charge in [-0.1, -0.05) is 64.6 Å². The molecule has 0 aromatic heterocycles. The molecule has 0 fully saturated rings. The van der Waals surface area contributed by atoms with Crippen molar-refractivity contribution in [3.8, 4) is 11.5 Å². The van der Waals surface area contributed by atoms with Crippen molar-refractivity contribution in [2.24, 2.45) is 0 Å². The molecule has 3 aromatic carbocycles. The molecule has 0 radical (unpaired) electrons. The van der Waals surface area contributed by atoms with Crippen LogP contribution in [0.4, 0.5) is 0 Å². The summed E-state index contributed by atoms with van der Waals surface area (Å²) in [5, 5.41) is 20.5. The first-order valence-corrected chi connectivity index (χ1v) is 10.8. The second-order valence-corrected chi connectivity index (χ2v) is 9.33. The number of aromatic hydroxyl groups is 2. The maximum atomic E-state index is 13.0. The molecule has 1 unspecified atom stereocenters. The van der Waals surface area contributed by atoms with Crippen molar-refractivity contribution >= 4 is 56.5 Å².